The number of aromatic nitrogens is 1. The van der Waals surface area contributed by atoms with Crippen molar-refractivity contribution in [2.24, 2.45) is 4.99 Å². The molecule has 8 heteroatoms. The summed E-state index contributed by atoms with van der Waals surface area (Å²) < 4.78 is 19.9. The summed E-state index contributed by atoms with van der Waals surface area (Å²) >= 11 is 1.29. The van der Waals surface area contributed by atoms with Crippen molar-refractivity contribution < 1.29 is 19.0 Å². The average Bonchev–Trinajstić information content (AvgIpc) is 3.33. The van der Waals surface area contributed by atoms with E-state index in [1.807, 2.05) is 105 Å². The van der Waals surface area contributed by atoms with Gasteiger partial charge in [0.1, 0.15) is 12.4 Å². The molecule has 2 heterocycles. The molecule has 7 nitrogen and oxygen atoms in total. The molecule has 44 heavy (non-hydrogen) atoms. The molecule has 0 amide bonds. The number of benzene rings is 4. The van der Waals surface area contributed by atoms with Crippen molar-refractivity contribution in [1.29, 1.82) is 0 Å². The van der Waals surface area contributed by atoms with E-state index in [-0.39, 0.29) is 11.3 Å². The molecule has 0 aliphatic carbocycles. The number of nitrogens with zero attached hydrogens (tertiary/aromatic N) is 2. The summed E-state index contributed by atoms with van der Waals surface area (Å²) in [6.45, 7) is 6.13. The smallest absolute Gasteiger partial charge is 0.271 e. The molecule has 0 fully saturated rings. The molecule has 1 aliphatic rings. The third kappa shape index (κ3) is 5.44. The summed E-state index contributed by atoms with van der Waals surface area (Å²) in [6.07, 6.45) is 1.83. The SMILES string of the molecule is CCOc1cc(/C=c2\sc3n(c2=O)C(c2c(OC)ccc4ccccc24)C(C(C)=O)=C(C)N=3)ccc1OCc1ccccc1. The molecule has 0 saturated carbocycles. The molecule has 6 rings (SSSR count). The molecule has 222 valence electrons. The maximum Gasteiger partial charge on any atom is 0.271 e. The predicted octanol–water partition coefficient (Wildman–Crippen LogP) is 5.96. The molecule has 0 N–H and O–H groups in total. The van der Waals surface area contributed by atoms with Crippen LogP contribution < -0.4 is 29.1 Å². The Bertz CT molecular complexity index is 2090. The van der Waals surface area contributed by atoms with Gasteiger partial charge in [-0.2, -0.15) is 0 Å². The van der Waals surface area contributed by atoms with Crippen LogP contribution in [0.25, 0.3) is 16.8 Å². The van der Waals surface area contributed by atoms with Gasteiger partial charge in [0, 0.05) is 16.8 Å². The van der Waals surface area contributed by atoms with Crippen LogP contribution in [0.1, 0.15) is 43.5 Å². The van der Waals surface area contributed by atoms with Crippen LogP contribution in [0.15, 0.2) is 106 Å². The van der Waals surface area contributed by atoms with Crippen LogP contribution in [0.3, 0.4) is 0 Å². The minimum Gasteiger partial charge on any atom is -0.496 e. The fourth-order valence-electron chi connectivity index (χ4n) is 5.67. The molecular formula is C36H32N2O5S. The van der Waals surface area contributed by atoms with Crippen LogP contribution in [-0.2, 0) is 11.4 Å². The summed E-state index contributed by atoms with van der Waals surface area (Å²) in [7, 11) is 1.60. The number of ether oxygens (including phenoxy) is 3. The maximum atomic E-state index is 14.2. The largest absolute Gasteiger partial charge is 0.496 e. The first-order chi connectivity index (χ1) is 21.4. The number of methoxy groups -OCH3 is 1. The van der Waals surface area contributed by atoms with E-state index in [2.05, 4.69) is 0 Å². The van der Waals surface area contributed by atoms with Crippen LogP contribution >= 0.6 is 11.3 Å². The highest BCUT2D eigenvalue weighted by atomic mass is 32.1. The van der Waals surface area contributed by atoms with Crippen LogP contribution in [0, 0.1) is 0 Å². The Morgan fingerprint density at radius 1 is 0.955 bits per heavy atom. The highest BCUT2D eigenvalue weighted by Gasteiger charge is 2.33. The number of carbonyl (C=O) groups excluding carboxylic acids is 1. The van der Waals surface area contributed by atoms with Gasteiger partial charge in [0.05, 0.1) is 24.3 Å². The number of Topliss-reactive ketones (excluding diaryl/α,β-unsaturated/α-hetero) is 1. The van der Waals surface area contributed by atoms with Crippen LogP contribution in [0.5, 0.6) is 17.2 Å². The normalized spacial score (nSPS) is 14.7. The summed E-state index contributed by atoms with van der Waals surface area (Å²) in [5.41, 5.74) is 3.42. The lowest BCUT2D eigenvalue weighted by molar-refractivity contribution is -0.114. The minimum atomic E-state index is -0.695. The van der Waals surface area contributed by atoms with Crippen LogP contribution in [0.2, 0.25) is 0 Å². The van der Waals surface area contributed by atoms with Gasteiger partial charge in [-0.1, -0.05) is 78.1 Å². The lowest BCUT2D eigenvalue weighted by atomic mass is 9.89. The number of allylic oxidation sites excluding steroid dienone is 2. The van der Waals surface area contributed by atoms with E-state index in [0.29, 0.717) is 51.1 Å². The summed E-state index contributed by atoms with van der Waals surface area (Å²) in [5, 5.41) is 1.90. The van der Waals surface area contributed by atoms with E-state index in [0.717, 1.165) is 27.5 Å². The molecule has 4 aromatic carbocycles. The lowest BCUT2D eigenvalue weighted by Crippen LogP contribution is -2.39. The number of thiazole rings is 1. The van der Waals surface area contributed by atoms with Gasteiger partial charge in [0.25, 0.3) is 5.56 Å². The highest BCUT2D eigenvalue weighted by Crippen LogP contribution is 2.40. The molecule has 0 bridgehead atoms. The number of rotatable bonds is 9. The van der Waals surface area contributed by atoms with Crippen molar-refractivity contribution in [1.82, 2.24) is 4.57 Å². The zero-order valence-electron chi connectivity index (χ0n) is 25.0. The van der Waals surface area contributed by atoms with Crippen molar-refractivity contribution in [3.05, 3.63) is 133 Å². The minimum absolute atomic E-state index is 0.145. The van der Waals surface area contributed by atoms with Gasteiger partial charge in [0.2, 0.25) is 0 Å². The number of hydrogen-bond donors (Lipinski definition) is 0. The summed E-state index contributed by atoms with van der Waals surface area (Å²) in [4.78, 5) is 32.6. The van der Waals surface area contributed by atoms with E-state index in [4.69, 9.17) is 19.2 Å². The Hall–Kier alpha value is -4.95. The third-order valence-corrected chi connectivity index (χ3v) is 8.61. The van der Waals surface area contributed by atoms with Crippen molar-refractivity contribution in [3.63, 3.8) is 0 Å². The Morgan fingerprint density at radius 2 is 1.70 bits per heavy atom. The van der Waals surface area contributed by atoms with E-state index in [9.17, 15) is 9.59 Å². The number of fused-ring (bicyclic) bond motifs is 2. The summed E-state index contributed by atoms with van der Waals surface area (Å²) in [6, 6.07) is 26.7. The van der Waals surface area contributed by atoms with Crippen molar-refractivity contribution in [2.75, 3.05) is 13.7 Å². The first kappa shape index (κ1) is 29.1. The van der Waals surface area contributed by atoms with Gasteiger partial charge < -0.3 is 14.2 Å². The predicted molar refractivity (Wildman–Crippen MR) is 173 cm³/mol. The molecule has 1 aromatic heterocycles. The zero-order chi connectivity index (χ0) is 30.8. The fourth-order valence-corrected chi connectivity index (χ4v) is 6.71. The Labute approximate surface area is 259 Å². The molecule has 0 radical (unpaired) electrons. The molecule has 1 atom stereocenters. The second-order valence-corrected chi connectivity index (χ2v) is 11.5. The second-order valence-electron chi connectivity index (χ2n) is 10.5. The zero-order valence-corrected chi connectivity index (χ0v) is 25.8. The third-order valence-electron chi connectivity index (χ3n) is 7.63. The van der Waals surface area contributed by atoms with Gasteiger partial charge >= 0.3 is 0 Å². The first-order valence-corrected chi connectivity index (χ1v) is 15.2. The van der Waals surface area contributed by atoms with Crippen LogP contribution in [-0.4, -0.2) is 24.1 Å². The Morgan fingerprint density at radius 3 is 2.45 bits per heavy atom. The molecule has 0 spiro atoms. The van der Waals surface area contributed by atoms with Gasteiger partial charge in [-0.15, -0.1) is 0 Å². The van der Waals surface area contributed by atoms with E-state index >= 15 is 0 Å². The van der Waals surface area contributed by atoms with E-state index in [1.54, 1.807) is 11.7 Å². The van der Waals surface area contributed by atoms with Crippen LogP contribution in [0.4, 0.5) is 0 Å². The standard InChI is InChI=1S/C36H32N2O5S/c1-5-42-30-19-25(15-17-28(30)43-21-24-11-7-6-8-12-24)20-31-35(40)38-34(32(23(3)39)22(2)37-36(38)44-31)33-27-14-10-9-13-26(27)16-18-29(33)41-4/h6-20,34H,5,21H2,1-4H3/b31-20-. The maximum absolute atomic E-state index is 14.2. The number of carbonyl (C=O) groups is 1. The second kappa shape index (κ2) is 12.3. The molecule has 5 aromatic rings. The fraction of sp³-hybridized carbons (Fsp3) is 0.194. The summed E-state index contributed by atoms with van der Waals surface area (Å²) in [5.74, 6) is 1.68. The number of hydrogen-bond acceptors (Lipinski definition) is 7. The molecule has 1 unspecified atom stereocenters. The first-order valence-electron chi connectivity index (χ1n) is 14.4. The van der Waals surface area contributed by atoms with Crippen molar-refractivity contribution >= 4 is 34.0 Å². The number of ketones is 1. The van der Waals surface area contributed by atoms with Gasteiger partial charge in [-0.05, 0) is 66.9 Å². The van der Waals surface area contributed by atoms with E-state index < -0.39 is 6.04 Å². The van der Waals surface area contributed by atoms with Gasteiger partial charge in [-0.3, -0.25) is 14.2 Å². The molecule has 0 saturated heterocycles. The highest BCUT2D eigenvalue weighted by molar-refractivity contribution is 7.07. The molecular weight excluding hydrogens is 572 g/mol. The lowest BCUT2D eigenvalue weighted by Gasteiger charge is -2.27. The Balaban J connectivity index is 1.48. The van der Waals surface area contributed by atoms with Gasteiger partial charge in [0.15, 0.2) is 22.1 Å². The van der Waals surface area contributed by atoms with Crippen molar-refractivity contribution in [2.45, 2.75) is 33.4 Å². The van der Waals surface area contributed by atoms with Gasteiger partial charge in [-0.25, -0.2) is 4.99 Å². The van der Waals surface area contributed by atoms with E-state index in [1.165, 1.54) is 18.3 Å². The molecule has 1 aliphatic heterocycles. The van der Waals surface area contributed by atoms with Crippen molar-refractivity contribution in [3.8, 4) is 17.2 Å². The average molecular weight is 605 g/mol. The monoisotopic (exact) mass is 604 g/mol. The quantitative estimate of drug-likeness (QED) is 0.207. The Kier molecular flexibility index (Phi) is 8.17. The topological polar surface area (TPSA) is 79.1 Å².